The number of halogens is 1. The normalized spacial score (nSPS) is 11.9. The number of benzene rings is 3. The minimum absolute atomic E-state index is 0.0973. The zero-order valence-corrected chi connectivity index (χ0v) is 21.8. The number of ether oxygens (including phenoxy) is 1. The molecule has 1 atom stereocenters. The molecule has 1 heterocycles. The summed E-state index contributed by atoms with van der Waals surface area (Å²) in [6, 6.07) is 19.4. The maximum absolute atomic E-state index is 13.9. The summed E-state index contributed by atoms with van der Waals surface area (Å²) in [7, 11) is 1.57. The van der Waals surface area contributed by atoms with Crippen LogP contribution >= 0.6 is 0 Å². The zero-order valence-electron chi connectivity index (χ0n) is 21.8. The second kappa shape index (κ2) is 12.3. The highest BCUT2D eigenvalue weighted by Crippen LogP contribution is 2.27. The third-order valence-corrected chi connectivity index (χ3v) is 6.30. The van der Waals surface area contributed by atoms with Gasteiger partial charge >= 0.3 is 0 Å². The van der Waals surface area contributed by atoms with Crippen molar-refractivity contribution in [3.05, 3.63) is 89.7 Å². The Balaban J connectivity index is 1.71. The van der Waals surface area contributed by atoms with E-state index in [0.717, 1.165) is 6.42 Å². The molecule has 198 valence electrons. The lowest BCUT2D eigenvalue weighted by Crippen LogP contribution is -2.45. The Morgan fingerprint density at radius 2 is 1.74 bits per heavy atom. The summed E-state index contributed by atoms with van der Waals surface area (Å²) in [4.78, 5) is 29.1. The first kappa shape index (κ1) is 26.8. The molecule has 1 aromatic heterocycles. The van der Waals surface area contributed by atoms with Crippen molar-refractivity contribution < 1.29 is 18.7 Å². The van der Waals surface area contributed by atoms with Crippen LogP contribution in [0.25, 0.3) is 11.0 Å². The maximum Gasteiger partial charge on any atom is 0.247 e. The van der Waals surface area contributed by atoms with Crippen LogP contribution in [0.2, 0.25) is 0 Å². The molecule has 0 aliphatic carbocycles. The third kappa shape index (κ3) is 6.53. The third-order valence-electron chi connectivity index (χ3n) is 6.30. The predicted octanol–water partition coefficient (Wildman–Crippen LogP) is 4.51. The Morgan fingerprint density at radius 3 is 2.42 bits per heavy atom. The van der Waals surface area contributed by atoms with Crippen LogP contribution in [0.4, 0.5) is 4.39 Å². The fraction of sp³-hybridized carbons (Fsp3) is 0.310. The highest BCUT2D eigenvalue weighted by atomic mass is 19.1. The molecular weight excluding hydrogens is 485 g/mol. The molecule has 0 bridgehead atoms. The molecule has 0 fully saturated rings. The topological polar surface area (TPSA) is 89.4 Å². The molecule has 0 saturated carbocycles. The lowest BCUT2D eigenvalue weighted by Gasteiger charge is -2.32. The van der Waals surface area contributed by atoms with Crippen molar-refractivity contribution in [1.29, 1.82) is 0 Å². The Bertz CT molecular complexity index is 1370. The molecule has 1 N–H and O–H groups in total. The summed E-state index contributed by atoms with van der Waals surface area (Å²) in [5.41, 5.74) is 2.71. The van der Waals surface area contributed by atoms with Crippen LogP contribution in [0.5, 0.6) is 5.75 Å². The van der Waals surface area contributed by atoms with Crippen molar-refractivity contribution in [2.24, 2.45) is 5.92 Å². The van der Waals surface area contributed by atoms with Crippen LogP contribution in [0, 0.1) is 11.7 Å². The summed E-state index contributed by atoms with van der Waals surface area (Å²) in [5, 5.41) is 11.3. The minimum Gasteiger partial charge on any atom is -0.497 e. The largest absolute Gasteiger partial charge is 0.497 e. The molecule has 8 nitrogen and oxygen atoms in total. The fourth-order valence-electron chi connectivity index (χ4n) is 4.20. The number of amides is 2. The van der Waals surface area contributed by atoms with Gasteiger partial charge in [-0.15, -0.1) is 5.10 Å². The molecule has 0 spiro atoms. The number of rotatable bonds is 11. The average Bonchev–Trinajstić information content (AvgIpc) is 3.32. The van der Waals surface area contributed by atoms with Crippen LogP contribution in [0.15, 0.2) is 72.8 Å². The quantitative estimate of drug-likeness (QED) is 0.316. The Kier molecular flexibility index (Phi) is 8.68. The van der Waals surface area contributed by atoms with Gasteiger partial charge in [0, 0.05) is 13.1 Å². The van der Waals surface area contributed by atoms with Gasteiger partial charge in [-0.3, -0.25) is 9.59 Å². The van der Waals surface area contributed by atoms with Crippen LogP contribution in [0.3, 0.4) is 0 Å². The summed E-state index contributed by atoms with van der Waals surface area (Å²) in [6.45, 7) is 4.63. The molecule has 4 aromatic rings. The van der Waals surface area contributed by atoms with E-state index in [4.69, 9.17) is 4.74 Å². The van der Waals surface area contributed by atoms with Crippen molar-refractivity contribution in [1.82, 2.24) is 25.2 Å². The molecule has 0 aliphatic heterocycles. The van der Waals surface area contributed by atoms with Crippen LogP contribution < -0.4 is 10.1 Å². The van der Waals surface area contributed by atoms with Crippen molar-refractivity contribution in [3.8, 4) is 5.75 Å². The summed E-state index contributed by atoms with van der Waals surface area (Å²) in [5.74, 6) is 0.0453. The molecular formula is C29H32FN5O3. The number of carbonyl (C=O) groups excluding carboxylic acids is 2. The van der Waals surface area contributed by atoms with E-state index in [-0.39, 0.29) is 30.7 Å². The van der Waals surface area contributed by atoms with Crippen molar-refractivity contribution in [3.63, 3.8) is 0 Å². The van der Waals surface area contributed by atoms with Crippen LogP contribution in [-0.4, -0.2) is 45.4 Å². The summed E-state index contributed by atoms with van der Waals surface area (Å²) in [6.07, 6.45) is 0.803. The number of fused-ring (bicyclic) bond motifs is 1. The van der Waals surface area contributed by atoms with Gasteiger partial charge in [0.25, 0.3) is 0 Å². The molecule has 4 rings (SSSR count). The van der Waals surface area contributed by atoms with E-state index < -0.39 is 6.04 Å². The van der Waals surface area contributed by atoms with Gasteiger partial charge in [0.05, 0.1) is 12.6 Å². The Morgan fingerprint density at radius 1 is 1.03 bits per heavy atom. The average molecular weight is 518 g/mol. The van der Waals surface area contributed by atoms with Crippen LogP contribution in [-0.2, 0) is 22.7 Å². The van der Waals surface area contributed by atoms with E-state index in [0.29, 0.717) is 40.4 Å². The molecule has 0 aliphatic rings. The smallest absolute Gasteiger partial charge is 0.247 e. The number of carbonyl (C=O) groups is 2. The molecule has 0 radical (unpaired) electrons. The van der Waals surface area contributed by atoms with E-state index in [1.807, 2.05) is 24.3 Å². The number of hydrogen-bond donors (Lipinski definition) is 1. The SMILES string of the molecule is COc1ccc([C@H](C(=O)NCCC(C)C)N(Cc2ccc(F)cc2)C(=O)Cn2nnc3ccccc32)cc1. The number of nitrogens with zero attached hydrogens (tertiary/aromatic N) is 4. The molecule has 2 amide bonds. The number of aromatic nitrogens is 3. The molecule has 38 heavy (non-hydrogen) atoms. The van der Waals surface area contributed by atoms with E-state index in [1.54, 1.807) is 43.5 Å². The van der Waals surface area contributed by atoms with Crippen molar-refractivity contribution in [2.75, 3.05) is 13.7 Å². The van der Waals surface area contributed by atoms with Gasteiger partial charge in [-0.25, -0.2) is 9.07 Å². The fourth-order valence-corrected chi connectivity index (χ4v) is 4.20. The Labute approximate surface area is 221 Å². The second-order valence-electron chi connectivity index (χ2n) is 9.53. The zero-order chi connectivity index (χ0) is 27.1. The summed E-state index contributed by atoms with van der Waals surface area (Å²) < 4.78 is 20.5. The summed E-state index contributed by atoms with van der Waals surface area (Å²) >= 11 is 0. The van der Waals surface area contributed by atoms with E-state index in [1.165, 1.54) is 21.7 Å². The van der Waals surface area contributed by atoms with E-state index >= 15 is 0 Å². The maximum atomic E-state index is 13.9. The number of methoxy groups -OCH3 is 1. The van der Waals surface area contributed by atoms with Gasteiger partial charge in [-0.05, 0) is 59.9 Å². The Hall–Kier alpha value is -4.27. The monoisotopic (exact) mass is 517 g/mol. The second-order valence-corrected chi connectivity index (χ2v) is 9.53. The first-order chi connectivity index (χ1) is 18.4. The standard InChI is InChI=1S/C29H32FN5O3/c1-20(2)16-17-31-29(37)28(22-10-14-24(38-3)15-11-22)34(18-21-8-12-23(30)13-9-21)27(36)19-35-26-7-5-4-6-25(26)32-33-35/h4-15,20,28H,16-19H2,1-3H3,(H,31,37)/t28-/m1/s1. The van der Waals surface area contributed by atoms with Gasteiger partial charge in [0.15, 0.2) is 0 Å². The number of nitrogens with one attached hydrogen (secondary N) is 1. The highest BCUT2D eigenvalue weighted by molar-refractivity contribution is 5.89. The van der Waals surface area contributed by atoms with E-state index in [2.05, 4.69) is 29.5 Å². The molecule has 0 unspecified atom stereocenters. The first-order valence-corrected chi connectivity index (χ1v) is 12.6. The van der Waals surface area contributed by atoms with Crippen molar-refractivity contribution >= 4 is 22.8 Å². The highest BCUT2D eigenvalue weighted by Gasteiger charge is 2.32. The van der Waals surface area contributed by atoms with Gasteiger partial charge in [-0.2, -0.15) is 0 Å². The van der Waals surface area contributed by atoms with Crippen molar-refractivity contribution in [2.45, 2.75) is 39.4 Å². The van der Waals surface area contributed by atoms with Gasteiger partial charge in [-0.1, -0.05) is 55.5 Å². The van der Waals surface area contributed by atoms with E-state index in [9.17, 15) is 14.0 Å². The van der Waals surface area contributed by atoms with Gasteiger partial charge in [0.1, 0.15) is 29.7 Å². The number of hydrogen-bond acceptors (Lipinski definition) is 5. The predicted molar refractivity (Wildman–Crippen MR) is 143 cm³/mol. The first-order valence-electron chi connectivity index (χ1n) is 12.6. The molecule has 0 saturated heterocycles. The lowest BCUT2D eigenvalue weighted by atomic mass is 10.0. The lowest BCUT2D eigenvalue weighted by molar-refractivity contribution is -0.142. The van der Waals surface area contributed by atoms with Gasteiger partial charge < -0.3 is 15.0 Å². The minimum atomic E-state index is -0.930. The molecule has 9 heteroatoms. The van der Waals surface area contributed by atoms with Crippen LogP contribution in [0.1, 0.15) is 37.4 Å². The van der Waals surface area contributed by atoms with Gasteiger partial charge in [0.2, 0.25) is 11.8 Å². The number of para-hydroxylation sites is 1. The molecule has 3 aromatic carbocycles.